The van der Waals surface area contributed by atoms with E-state index in [9.17, 15) is 4.79 Å². The van der Waals surface area contributed by atoms with E-state index < -0.39 is 0 Å². The zero-order valence-corrected chi connectivity index (χ0v) is 15.5. The van der Waals surface area contributed by atoms with E-state index in [4.69, 9.17) is 4.74 Å². The Kier molecular flexibility index (Phi) is 4.36. The van der Waals surface area contributed by atoms with Crippen molar-refractivity contribution in [1.82, 2.24) is 5.32 Å². The highest BCUT2D eigenvalue weighted by Gasteiger charge is 2.47. The van der Waals surface area contributed by atoms with Crippen molar-refractivity contribution in [3.63, 3.8) is 0 Å². The number of para-hydroxylation sites is 1. The van der Waals surface area contributed by atoms with Crippen LogP contribution in [0.25, 0.3) is 0 Å². The summed E-state index contributed by atoms with van der Waals surface area (Å²) < 4.78 is 5.73. The summed E-state index contributed by atoms with van der Waals surface area (Å²) in [5.74, 6) is 0.477. The van der Waals surface area contributed by atoms with E-state index in [2.05, 4.69) is 23.5 Å². The molecule has 3 atom stereocenters. The number of rotatable bonds is 4. The monoisotopic (exact) mass is 362 g/mol. The second-order valence-corrected chi connectivity index (χ2v) is 8.05. The van der Waals surface area contributed by atoms with Gasteiger partial charge >= 0.3 is 6.09 Å². The molecule has 0 aromatic heterocycles. The number of hydrogen-bond acceptors (Lipinski definition) is 3. The number of benzene rings is 2. The van der Waals surface area contributed by atoms with Gasteiger partial charge in [0, 0.05) is 18.1 Å². The van der Waals surface area contributed by atoms with Crippen LogP contribution >= 0.6 is 0 Å². The highest BCUT2D eigenvalue weighted by atomic mass is 16.6. The molecule has 2 aromatic rings. The van der Waals surface area contributed by atoms with Crippen molar-refractivity contribution >= 4 is 11.8 Å². The number of hydrogen-bond donors (Lipinski definition) is 1. The number of nitrogens with one attached hydrogen (secondary N) is 1. The predicted molar refractivity (Wildman–Crippen MR) is 106 cm³/mol. The molecule has 0 bridgehead atoms. The Hall–Kier alpha value is -2.33. The van der Waals surface area contributed by atoms with Gasteiger partial charge in [0.25, 0.3) is 0 Å². The highest BCUT2D eigenvalue weighted by Crippen LogP contribution is 2.48. The number of anilines is 1. The molecule has 2 saturated carbocycles. The average Bonchev–Trinajstić information content (AvgIpc) is 3.40. The molecule has 4 heteroatoms. The van der Waals surface area contributed by atoms with E-state index in [0.29, 0.717) is 24.6 Å². The van der Waals surface area contributed by atoms with Gasteiger partial charge in [-0.15, -0.1) is 0 Å². The SMILES string of the molecule is O=C(OCc1ccccc1)N1c2ccccc2[C@@H](NC2CC2)[C@@H]2CCC[C@H]21. The minimum atomic E-state index is -0.215. The van der Waals surface area contributed by atoms with Crippen LogP contribution in [0.1, 0.15) is 49.3 Å². The fourth-order valence-electron chi connectivity index (χ4n) is 4.80. The van der Waals surface area contributed by atoms with Crippen molar-refractivity contribution in [2.45, 2.75) is 56.8 Å². The smallest absolute Gasteiger partial charge is 0.414 e. The summed E-state index contributed by atoms with van der Waals surface area (Å²) in [6.07, 6.45) is 5.74. The van der Waals surface area contributed by atoms with Crippen LogP contribution in [-0.2, 0) is 11.3 Å². The Balaban J connectivity index is 1.42. The van der Waals surface area contributed by atoms with Gasteiger partial charge < -0.3 is 10.1 Å². The third kappa shape index (κ3) is 3.23. The minimum Gasteiger partial charge on any atom is -0.444 e. The van der Waals surface area contributed by atoms with Crippen molar-refractivity contribution in [1.29, 1.82) is 0 Å². The normalized spacial score (nSPS) is 26.4. The van der Waals surface area contributed by atoms with Crippen LogP contribution in [0.15, 0.2) is 54.6 Å². The van der Waals surface area contributed by atoms with E-state index >= 15 is 0 Å². The average molecular weight is 362 g/mol. The second-order valence-electron chi connectivity index (χ2n) is 8.05. The molecular formula is C23H26N2O2. The number of fused-ring (bicyclic) bond motifs is 2. The molecule has 27 heavy (non-hydrogen) atoms. The quantitative estimate of drug-likeness (QED) is 0.849. The molecule has 1 amide bonds. The number of ether oxygens (including phenoxy) is 1. The van der Waals surface area contributed by atoms with Crippen LogP contribution < -0.4 is 10.2 Å². The summed E-state index contributed by atoms with van der Waals surface area (Å²) >= 11 is 0. The number of carbonyl (C=O) groups is 1. The Bertz CT molecular complexity index is 818. The number of nitrogens with zero attached hydrogens (tertiary/aromatic N) is 1. The van der Waals surface area contributed by atoms with Crippen LogP contribution in [0.4, 0.5) is 10.5 Å². The molecular weight excluding hydrogens is 336 g/mol. The lowest BCUT2D eigenvalue weighted by Gasteiger charge is -2.43. The lowest BCUT2D eigenvalue weighted by molar-refractivity contribution is 0.140. The Morgan fingerprint density at radius 1 is 1.00 bits per heavy atom. The van der Waals surface area contributed by atoms with Gasteiger partial charge in [-0.25, -0.2) is 4.79 Å². The van der Waals surface area contributed by atoms with Gasteiger partial charge in [0.2, 0.25) is 0 Å². The Labute approximate surface area is 160 Å². The van der Waals surface area contributed by atoms with Crippen LogP contribution in [0.5, 0.6) is 0 Å². The van der Waals surface area contributed by atoms with E-state index in [1.165, 1.54) is 31.2 Å². The maximum atomic E-state index is 13.1. The fraction of sp³-hybridized carbons (Fsp3) is 0.435. The van der Waals surface area contributed by atoms with Crippen molar-refractivity contribution < 1.29 is 9.53 Å². The molecule has 0 unspecified atom stereocenters. The first-order chi connectivity index (χ1) is 13.3. The summed E-state index contributed by atoms with van der Waals surface area (Å²) in [7, 11) is 0. The van der Waals surface area contributed by atoms with Crippen LogP contribution in [-0.4, -0.2) is 18.2 Å². The molecule has 140 valence electrons. The first-order valence-electron chi connectivity index (χ1n) is 10.2. The zero-order chi connectivity index (χ0) is 18.2. The van der Waals surface area contributed by atoms with Crippen LogP contribution in [0.3, 0.4) is 0 Å². The summed E-state index contributed by atoms with van der Waals surface area (Å²) in [5.41, 5.74) is 3.30. The second kappa shape index (κ2) is 7.01. The molecule has 1 aliphatic heterocycles. The topological polar surface area (TPSA) is 41.6 Å². The highest BCUT2D eigenvalue weighted by molar-refractivity contribution is 5.90. The maximum absolute atomic E-state index is 13.1. The van der Waals surface area contributed by atoms with Crippen LogP contribution in [0, 0.1) is 5.92 Å². The Morgan fingerprint density at radius 2 is 1.78 bits per heavy atom. The summed E-state index contributed by atoms with van der Waals surface area (Å²) in [4.78, 5) is 15.0. The van der Waals surface area contributed by atoms with Gasteiger partial charge in [-0.2, -0.15) is 0 Å². The van der Waals surface area contributed by atoms with Gasteiger partial charge in [0.15, 0.2) is 0 Å². The third-order valence-electron chi connectivity index (χ3n) is 6.22. The molecule has 2 aromatic carbocycles. The summed E-state index contributed by atoms with van der Waals surface area (Å²) in [6.45, 7) is 0.319. The lowest BCUT2D eigenvalue weighted by Crippen LogP contribution is -2.51. The standard InChI is InChI=1S/C23H26N2O2/c26-23(27-15-16-7-2-1-3-8-16)25-20-11-5-4-9-18(20)22(24-17-13-14-17)19-10-6-12-21(19)25/h1-5,7-9,11,17,19,21-22,24H,6,10,12-15H2/t19-,21-,22-/m1/s1. The van der Waals surface area contributed by atoms with Gasteiger partial charge in [-0.3, -0.25) is 4.90 Å². The summed E-state index contributed by atoms with van der Waals surface area (Å²) in [6, 6.07) is 19.5. The number of amides is 1. The molecule has 1 N–H and O–H groups in total. The number of carbonyl (C=O) groups excluding carboxylic acids is 1. The first-order valence-corrected chi connectivity index (χ1v) is 10.2. The van der Waals surface area contributed by atoms with Gasteiger partial charge in [-0.1, -0.05) is 55.0 Å². The Morgan fingerprint density at radius 3 is 2.59 bits per heavy atom. The molecule has 1 heterocycles. The molecule has 0 spiro atoms. The fourth-order valence-corrected chi connectivity index (χ4v) is 4.80. The van der Waals surface area contributed by atoms with Gasteiger partial charge in [0.05, 0.1) is 5.69 Å². The first kappa shape index (κ1) is 16.8. The predicted octanol–water partition coefficient (Wildman–Crippen LogP) is 4.81. The summed E-state index contributed by atoms with van der Waals surface area (Å²) in [5, 5.41) is 3.86. The maximum Gasteiger partial charge on any atom is 0.414 e. The van der Waals surface area contributed by atoms with Gasteiger partial charge in [-0.05, 0) is 48.8 Å². The largest absolute Gasteiger partial charge is 0.444 e. The molecule has 3 aliphatic rings. The van der Waals surface area contributed by atoms with Crippen molar-refractivity contribution in [3.8, 4) is 0 Å². The van der Waals surface area contributed by atoms with Crippen molar-refractivity contribution in [3.05, 3.63) is 65.7 Å². The zero-order valence-electron chi connectivity index (χ0n) is 15.5. The van der Waals surface area contributed by atoms with Crippen molar-refractivity contribution in [2.24, 2.45) is 5.92 Å². The molecule has 4 nitrogen and oxygen atoms in total. The van der Waals surface area contributed by atoms with E-state index in [-0.39, 0.29) is 12.1 Å². The van der Waals surface area contributed by atoms with E-state index in [0.717, 1.165) is 17.7 Å². The molecule has 0 saturated heterocycles. The molecule has 2 fully saturated rings. The minimum absolute atomic E-state index is 0.215. The third-order valence-corrected chi connectivity index (χ3v) is 6.22. The van der Waals surface area contributed by atoms with Crippen LogP contribution in [0.2, 0.25) is 0 Å². The molecule has 2 aliphatic carbocycles. The van der Waals surface area contributed by atoms with Crippen molar-refractivity contribution in [2.75, 3.05) is 4.90 Å². The lowest BCUT2D eigenvalue weighted by atomic mass is 9.83. The van der Waals surface area contributed by atoms with E-state index in [1.54, 1.807) is 0 Å². The molecule has 5 rings (SSSR count). The molecule has 0 radical (unpaired) electrons. The van der Waals surface area contributed by atoms with E-state index in [1.807, 2.05) is 41.3 Å². The van der Waals surface area contributed by atoms with Gasteiger partial charge in [0.1, 0.15) is 6.61 Å².